The van der Waals surface area contributed by atoms with Gasteiger partial charge < -0.3 is 4.74 Å². The smallest absolute Gasteiger partial charge is 0.284 e. The maximum Gasteiger partial charge on any atom is 0.284 e. The van der Waals surface area contributed by atoms with E-state index >= 15 is 0 Å². The highest BCUT2D eigenvalue weighted by atomic mass is 32.2. The predicted molar refractivity (Wildman–Crippen MR) is 75.5 cm³/mol. The molecule has 0 saturated carbocycles. The molecule has 126 valence electrons. The highest BCUT2D eigenvalue weighted by molar-refractivity contribution is 7.92. The summed E-state index contributed by atoms with van der Waals surface area (Å²) in [6.07, 6.45) is -1.19. The molecule has 0 aromatic carbocycles. The van der Waals surface area contributed by atoms with Crippen molar-refractivity contribution in [2.24, 2.45) is 14.1 Å². The van der Waals surface area contributed by atoms with Crippen LogP contribution in [0, 0.1) is 0 Å². The first kappa shape index (κ1) is 15.9. The number of alkyl halides is 2. The van der Waals surface area contributed by atoms with Crippen LogP contribution in [0.1, 0.15) is 23.4 Å². The van der Waals surface area contributed by atoms with Crippen molar-refractivity contribution in [3.63, 3.8) is 0 Å². The molecule has 1 aliphatic rings. The van der Waals surface area contributed by atoms with Crippen molar-refractivity contribution in [1.82, 2.24) is 19.6 Å². The van der Waals surface area contributed by atoms with Crippen LogP contribution < -0.4 is 4.72 Å². The molecule has 2 aromatic rings. The fraction of sp³-hybridized carbons (Fsp3) is 0.500. The maximum atomic E-state index is 13.0. The minimum absolute atomic E-state index is 0.0868. The minimum Gasteiger partial charge on any atom is -0.376 e. The highest BCUT2D eigenvalue weighted by Gasteiger charge is 2.31. The number of aryl methyl sites for hydroxylation is 2. The van der Waals surface area contributed by atoms with E-state index in [1.807, 2.05) is 0 Å². The predicted octanol–water partition coefficient (Wildman–Crippen LogP) is 0.965. The summed E-state index contributed by atoms with van der Waals surface area (Å²) in [7, 11) is -1.18. The van der Waals surface area contributed by atoms with Crippen LogP contribution in [0.4, 0.5) is 14.5 Å². The van der Waals surface area contributed by atoms with E-state index in [9.17, 15) is 17.2 Å². The van der Waals surface area contributed by atoms with E-state index in [4.69, 9.17) is 4.74 Å². The standard InChI is InChI=1S/C12H15F2N5O3S/c1-18-5-9(10(16-18)11(13)14)17-23(20,21)12-7-6-22-4-3-8(7)15-19(12)2/h5,11,17H,3-4,6H2,1-2H3. The lowest BCUT2D eigenvalue weighted by Crippen LogP contribution is -2.20. The Morgan fingerprint density at radius 3 is 2.78 bits per heavy atom. The molecule has 0 aliphatic carbocycles. The van der Waals surface area contributed by atoms with Gasteiger partial charge in [-0.1, -0.05) is 0 Å². The second kappa shape index (κ2) is 5.57. The van der Waals surface area contributed by atoms with E-state index in [2.05, 4.69) is 14.9 Å². The Balaban J connectivity index is 2.02. The number of hydrogen-bond acceptors (Lipinski definition) is 5. The van der Waals surface area contributed by atoms with Gasteiger partial charge in [-0.3, -0.25) is 14.1 Å². The quantitative estimate of drug-likeness (QED) is 0.890. The van der Waals surface area contributed by atoms with E-state index in [0.717, 1.165) is 4.68 Å². The summed E-state index contributed by atoms with van der Waals surface area (Å²) in [6, 6.07) is 0. The average molecular weight is 347 g/mol. The van der Waals surface area contributed by atoms with Crippen LogP contribution in [0.2, 0.25) is 0 Å². The van der Waals surface area contributed by atoms with Crippen LogP contribution in [0.3, 0.4) is 0 Å². The number of anilines is 1. The van der Waals surface area contributed by atoms with Crippen molar-refractivity contribution in [2.75, 3.05) is 11.3 Å². The van der Waals surface area contributed by atoms with E-state index in [1.165, 1.54) is 25.0 Å². The first-order valence-corrected chi connectivity index (χ1v) is 8.25. The number of rotatable bonds is 4. The van der Waals surface area contributed by atoms with Crippen molar-refractivity contribution < 1.29 is 21.9 Å². The van der Waals surface area contributed by atoms with Crippen LogP contribution in [0.5, 0.6) is 0 Å². The minimum atomic E-state index is -4.10. The molecule has 2 aromatic heterocycles. The van der Waals surface area contributed by atoms with Crippen molar-refractivity contribution >= 4 is 15.7 Å². The van der Waals surface area contributed by atoms with Crippen molar-refractivity contribution in [1.29, 1.82) is 0 Å². The molecule has 0 saturated heterocycles. The fourth-order valence-corrected chi connectivity index (χ4v) is 4.00. The first-order valence-electron chi connectivity index (χ1n) is 6.76. The zero-order valence-corrected chi connectivity index (χ0v) is 13.3. The first-order chi connectivity index (χ1) is 10.8. The van der Waals surface area contributed by atoms with Gasteiger partial charge in [0.2, 0.25) is 0 Å². The summed E-state index contributed by atoms with van der Waals surface area (Å²) >= 11 is 0. The van der Waals surface area contributed by atoms with E-state index in [-0.39, 0.29) is 17.3 Å². The van der Waals surface area contributed by atoms with Crippen LogP contribution in [0.15, 0.2) is 11.2 Å². The van der Waals surface area contributed by atoms with Crippen LogP contribution in [-0.4, -0.2) is 34.6 Å². The molecule has 0 unspecified atom stereocenters. The topological polar surface area (TPSA) is 91.0 Å². The third-order valence-electron chi connectivity index (χ3n) is 3.46. The normalized spacial score (nSPS) is 15.0. The highest BCUT2D eigenvalue weighted by Crippen LogP contribution is 2.29. The molecule has 0 atom stereocenters. The molecular formula is C12H15F2N5O3S. The van der Waals surface area contributed by atoms with E-state index in [0.29, 0.717) is 24.3 Å². The molecule has 8 nitrogen and oxygen atoms in total. The zero-order valence-electron chi connectivity index (χ0n) is 12.5. The van der Waals surface area contributed by atoms with Gasteiger partial charge in [-0.25, -0.2) is 8.78 Å². The molecular weight excluding hydrogens is 332 g/mol. The van der Waals surface area contributed by atoms with Gasteiger partial charge in [-0.2, -0.15) is 18.6 Å². The molecule has 3 heterocycles. The lowest BCUT2D eigenvalue weighted by molar-refractivity contribution is 0.108. The third kappa shape index (κ3) is 2.81. The van der Waals surface area contributed by atoms with Gasteiger partial charge >= 0.3 is 0 Å². The Labute approximate surface area is 131 Å². The molecule has 11 heteroatoms. The van der Waals surface area contributed by atoms with Gasteiger partial charge in [-0.05, 0) is 0 Å². The number of sulfonamides is 1. The van der Waals surface area contributed by atoms with Crippen LogP contribution in [-0.2, 0) is 41.9 Å². The molecule has 0 fully saturated rings. The Kier molecular flexibility index (Phi) is 3.84. The van der Waals surface area contributed by atoms with Gasteiger partial charge in [0.1, 0.15) is 0 Å². The molecule has 23 heavy (non-hydrogen) atoms. The molecule has 1 N–H and O–H groups in total. The molecule has 0 amide bonds. The Hall–Kier alpha value is -2.01. The van der Waals surface area contributed by atoms with Gasteiger partial charge in [-0.15, -0.1) is 0 Å². The summed E-state index contributed by atoms with van der Waals surface area (Å²) < 4.78 is 61.0. The number of halogens is 2. The molecule has 0 bridgehead atoms. The Morgan fingerprint density at radius 1 is 1.35 bits per heavy atom. The summed E-state index contributed by atoms with van der Waals surface area (Å²) in [5, 5.41) is 7.66. The third-order valence-corrected chi connectivity index (χ3v) is 4.97. The summed E-state index contributed by atoms with van der Waals surface area (Å²) in [4.78, 5) is 0. The summed E-state index contributed by atoms with van der Waals surface area (Å²) in [5.74, 6) is 0. The molecule has 3 rings (SSSR count). The fourth-order valence-electron chi connectivity index (χ4n) is 2.57. The zero-order chi connectivity index (χ0) is 16.8. The molecule has 0 spiro atoms. The van der Waals surface area contributed by atoms with Gasteiger partial charge in [0, 0.05) is 32.3 Å². The Bertz CT molecular complexity index is 843. The summed E-state index contributed by atoms with van der Waals surface area (Å²) in [5.41, 5.74) is 0.214. The number of fused-ring (bicyclic) bond motifs is 1. The second-order valence-corrected chi connectivity index (χ2v) is 6.76. The summed E-state index contributed by atoms with van der Waals surface area (Å²) in [6.45, 7) is 0.587. The monoisotopic (exact) mass is 347 g/mol. The molecule has 1 aliphatic heterocycles. The maximum absolute atomic E-state index is 13.0. The van der Waals surface area contributed by atoms with Crippen LogP contribution in [0.25, 0.3) is 0 Å². The lowest BCUT2D eigenvalue weighted by atomic mass is 10.2. The van der Waals surface area contributed by atoms with Gasteiger partial charge in [0.15, 0.2) is 10.7 Å². The number of nitrogens with one attached hydrogen (secondary N) is 1. The largest absolute Gasteiger partial charge is 0.376 e. The van der Waals surface area contributed by atoms with E-state index < -0.39 is 22.1 Å². The number of nitrogens with zero attached hydrogens (tertiary/aromatic N) is 4. The van der Waals surface area contributed by atoms with Crippen LogP contribution >= 0.6 is 0 Å². The van der Waals surface area contributed by atoms with E-state index in [1.54, 1.807) is 0 Å². The number of aromatic nitrogens is 4. The Morgan fingerprint density at radius 2 is 2.09 bits per heavy atom. The number of ether oxygens (including phenoxy) is 1. The van der Waals surface area contributed by atoms with Crippen molar-refractivity contribution in [3.8, 4) is 0 Å². The number of hydrogen-bond donors (Lipinski definition) is 1. The van der Waals surface area contributed by atoms with Gasteiger partial charge in [0.25, 0.3) is 16.4 Å². The van der Waals surface area contributed by atoms with Crippen molar-refractivity contribution in [3.05, 3.63) is 23.1 Å². The SMILES string of the molecule is Cn1cc(NS(=O)(=O)c2c3c(nn2C)CCOC3)c(C(F)F)n1. The van der Waals surface area contributed by atoms with Crippen molar-refractivity contribution in [2.45, 2.75) is 24.5 Å². The average Bonchev–Trinajstić information content (AvgIpc) is 2.97. The van der Waals surface area contributed by atoms with Gasteiger partial charge in [0.05, 0.1) is 24.6 Å². The second-order valence-electron chi connectivity index (χ2n) is 5.16. The molecule has 0 radical (unpaired) electrons. The lowest BCUT2D eigenvalue weighted by Gasteiger charge is -2.13.